The van der Waals surface area contributed by atoms with Gasteiger partial charge in [0.1, 0.15) is 6.17 Å². The van der Waals surface area contributed by atoms with Gasteiger partial charge < -0.3 is 4.90 Å². The first-order valence-corrected chi connectivity index (χ1v) is 4.17. The molecule has 13 heavy (non-hydrogen) atoms. The van der Waals surface area contributed by atoms with Gasteiger partial charge >= 0.3 is 0 Å². The second-order valence-corrected chi connectivity index (χ2v) is 3.17. The van der Waals surface area contributed by atoms with Crippen molar-refractivity contribution in [2.24, 2.45) is 7.05 Å². The molecular formula is C8H12N4O. The Hall–Kier alpha value is -1.36. The van der Waals surface area contributed by atoms with E-state index in [0.717, 1.165) is 5.69 Å². The lowest BCUT2D eigenvalue weighted by atomic mass is 10.3. The molecule has 1 unspecified atom stereocenters. The summed E-state index contributed by atoms with van der Waals surface area (Å²) < 4.78 is 1.77. The first-order valence-electron chi connectivity index (χ1n) is 4.17. The molecule has 5 heteroatoms. The molecule has 2 rings (SSSR count). The van der Waals surface area contributed by atoms with Crippen LogP contribution in [0.3, 0.4) is 0 Å². The molecule has 1 aliphatic heterocycles. The lowest BCUT2D eigenvalue weighted by Gasteiger charge is -2.19. The maximum atomic E-state index is 11.2. The van der Waals surface area contributed by atoms with Crippen LogP contribution in [0, 0.1) is 0 Å². The topological polar surface area (TPSA) is 50.2 Å². The molecular weight excluding hydrogens is 168 g/mol. The van der Waals surface area contributed by atoms with Gasteiger partial charge in [-0.05, 0) is 6.07 Å². The molecule has 0 aliphatic carbocycles. The number of carbonyl (C=O) groups is 1. The maximum absolute atomic E-state index is 11.2. The zero-order valence-corrected chi connectivity index (χ0v) is 7.69. The van der Waals surface area contributed by atoms with Gasteiger partial charge in [0.25, 0.3) is 0 Å². The van der Waals surface area contributed by atoms with Crippen molar-refractivity contribution in [1.29, 1.82) is 0 Å². The smallest absolute Gasteiger partial charge is 0.237 e. The normalized spacial score (nSPS) is 22.8. The number of aryl methyl sites for hydroxylation is 1. The fourth-order valence-electron chi connectivity index (χ4n) is 1.54. The van der Waals surface area contributed by atoms with Gasteiger partial charge in [-0.15, -0.1) is 0 Å². The van der Waals surface area contributed by atoms with Crippen molar-refractivity contribution in [2.45, 2.75) is 6.17 Å². The molecule has 0 bridgehead atoms. The number of rotatable bonds is 1. The fraction of sp³-hybridized carbons (Fsp3) is 0.500. The Kier molecular flexibility index (Phi) is 1.81. The number of hydrogen-bond acceptors (Lipinski definition) is 3. The Morgan fingerprint density at radius 2 is 2.38 bits per heavy atom. The van der Waals surface area contributed by atoms with Crippen LogP contribution >= 0.6 is 0 Å². The Balaban J connectivity index is 2.28. The zero-order chi connectivity index (χ0) is 9.42. The number of hydrogen-bond donors (Lipinski definition) is 1. The summed E-state index contributed by atoms with van der Waals surface area (Å²) in [5, 5.41) is 7.17. The lowest BCUT2D eigenvalue weighted by molar-refractivity contribution is -0.126. The molecule has 1 aliphatic rings. The van der Waals surface area contributed by atoms with Crippen LogP contribution in [-0.4, -0.2) is 34.2 Å². The minimum Gasteiger partial charge on any atom is -0.323 e. The summed E-state index contributed by atoms with van der Waals surface area (Å²) in [7, 11) is 3.66. The van der Waals surface area contributed by atoms with Gasteiger partial charge in [0.05, 0.1) is 12.2 Å². The van der Waals surface area contributed by atoms with E-state index in [-0.39, 0.29) is 12.1 Å². The molecule has 70 valence electrons. The Morgan fingerprint density at radius 1 is 1.62 bits per heavy atom. The molecule has 1 atom stereocenters. The molecule has 2 heterocycles. The molecule has 1 aromatic rings. The fourth-order valence-corrected chi connectivity index (χ4v) is 1.54. The van der Waals surface area contributed by atoms with Crippen LogP contribution in [0.1, 0.15) is 11.9 Å². The van der Waals surface area contributed by atoms with E-state index in [9.17, 15) is 4.79 Å². The number of nitrogens with zero attached hydrogens (tertiary/aromatic N) is 3. The lowest BCUT2D eigenvalue weighted by Crippen LogP contribution is -2.27. The number of carbonyl (C=O) groups excluding carboxylic acids is 1. The molecule has 0 saturated carbocycles. The van der Waals surface area contributed by atoms with E-state index in [4.69, 9.17) is 0 Å². The van der Waals surface area contributed by atoms with E-state index < -0.39 is 0 Å². The largest absolute Gasteiger partial charge is 0.323 e. The van der Waals surface area contributed by atoms with E-state index in [1.54, 1.807) is 22.8 Å². The number of nitrogens with one attached hydrogen (secondary N) is 1. The minimum absolute atomic E-state index is 0.0278. The first kappa shape index (κ1) is 8.25. The zero-order valence-electron chi connectivity index (χ0n) is 7.69. The average Bonchev–Trinajstić information content (AvgIpc) is 2.62. The Labute approximate surface area is 76.3 Å². The van der Waals surface area contributed by atoms with Gasteiger partial charge in [-0.1, -0.05) is 0 Å². The third-order valence-corrected chi connectivity index (χ3v) is 2.37. The molecule has 5 nitrogen and oxygen atoms in total. The highest BCUT2D eigenvalue weighted by atomic mass is 16.2. The predicted molar refractivity (Wildman–Crippen MR) is 46.7 cm³/mol. The molecule has 1 fully saturated rings. The first-order chi connectivity index (χ1) is 6.20. The van der Waals surface area contributed by atoms with Crippen LogP contribution in [0.4, 0.5) is 0 Å². The van der Waals surface area contributed by atoms with E-state index in [2.05, 4.69) is 10.4 Å². The molecule has 0 spiro atoms. The third-order valence-electron chi connectivity index (χ3n) is 2.37. The van der Waals surface area contributed by atoms with Crippen molar-refractivity contribution < 1.29 is 4.79 Å². The quantitative estimate of drug-likeness (QED) is 0.632. The summed E-state index contributed by atoms with van der Waals surface area (Å²) in [4.78, 5) is 12.9. The van der Waals surface area contributed by atoms with Crippen molar-refractivity contribution in [3.8, 4) is 0 Å². The molecule has 1 amide bonds. The van der Waals surface area contributed by atoms with Crippen LogP contribution < -0.4 is 5.32 Å². The molecule has 0 radical (unpaired) electrons. The number of likely N-dealkylation sites (N-methyl/N-ethyl adjacent to an activating group) is 1. The molecule has 1 saturated heterocycles. The van der Waals surface area contributed by atoms with Crippen LogP contribution in [0.5, 0.6) is 0 Å². The van der Waals surface area contributed by atoms with Gasteiger partial charge in [-0.2, -0.15) is 5.10 Å². The van der Waals surface area contributed by atoms with Gasteiger partial charge in [0.2, 0.25) is 5.91 Å². The molecule has 1 aromatic heterocycles. The van der Waals surface area contributed by atoms with Crippen LogP contribution in [-0.2, 0) is 11.8 Å². The van der Waals surface area contributed by atoms with Gasteiger partial charge in [0.15, 0.2) is 0 Å². The van der Waals surface area contributed by atoms with Crippen LogP contribution in [0.2, 0.25) is 0 Å². The van der Waals surface area contributed by atoms with E-state index >= 15 is 0 Å². The van der Waals surface area contributed by atoms with Gasteiger partial charge in [-0.3, -0.25) is 14.8 Å². The summed E-state index contributed by atoms with van der Waals surface area (Å²) in [6.45, 7) is 0.409. The maximum Gasteiger partial charge on any atom is 0.237 e. The monoisotopic (exact) mass is 180 g/mol. The van der Waals surface area contributed by atoms with E-state index in [1.807, 2.05) is 13.1 Å². The second kappa shape index (κ2) is 2.85. The van der Waals surface area contributed by atoms with Gasteiger partial charge in [0, 0.05) is 20.3 Å². The van der Waals surface area contributed by atoms with Crippen molar-refractivity contribution in [3.63, 3.8) is 0 Å². The minimum atomic E-state index is -0.0278. The van der Waals surface area contributed by atoms with Crippen molar-refractivity contribution >= 4 is 5.91 Å². The summed E-state index contributed by atoms with van der Waals surface area (Å²) in [6.07, 6.45) is 1.70. The highest BCUT2D eigenvalue weighted by molar-refractivity contribution is 5.80. The Morgan fingerprint density at radius 3 is 2.85 bits per heavy atom. The van der Waals surface area contributed by atoms with Crippen molar-refractivity contribution in [3.05, 3.63) is 18.0 Å². The van der Waals surface area contributed by atoms with E-state index in [1.165, 1.54) is 0 Å². The average molecular weight is 180 g/mol. The number of aromatic nitrogens is 2. The summed E-state index contributed by atoms with van der Waals surface area (Å²) in [5.74, 6) is 0.117. The summed E-state index contributed by atoms with van der Waals surface area (Å²) in [6, 6.07) is 1.91. The second-order valence-electron chi connectivity index (χ2n) is 3.17. The highest BCUT2D eigenvalue weighted by Crippen LogP contribution is 2.18. The van der Waals surface area contributed by atoms with Crippen molar-refractivity contribution in [1.82, 2.24) is 20.0 Å². The third kappa shape index (κ3) is 1.21. The summed E-state index contributed by atoms with van der Waals surface area (Å²) >= 11 is 0. The van der Waals surface area contributed by atoms with E-state index in [0.29, 0.717) is 6.54 Å². The number of amides is 1. The van der Waals surface area contributed by atoms with Crippen LogP contribution in [0.25, 0.3) is 0 Å². The molecule has 1 N–H and O–H groups in total. The summed E-state index contributed by atoms with van der Waals surface area (Å²) in [5.41, 5.74) is 1.01. The van der Waals surface area contributed by atoms with Crippen LogP contribution in [0.15, 0.2) is 12.3 Å². The standard InChI is InChI=1S/C8H12N4O/c1-11-7(13)5-9-8(11)6-3-4-10-12(6)2/h3-4,8-9H,5H2,1-2H3. The van der Waals surface area contributed by atoms with Gasteiger partial charge in [-0.25, -0.2) is 0 Å². The molecule has 0 aromatic carbocycles. The Bertz CT molecular complexity index is 333. The SMILES string of the molecule is CN1C(=O)CNC1c1ccnn1C. The predicted octanol–water partition coefficient (Wildman–Crippen LogP) is -0.520. The highest BCUT2D eigenvalue weighted by Gasteiger charge is 2.29. The van der Waals surface area contributed by atoms with Crippen molar-refractivity contribution in [2.75, 3.05) is 13.6 Å².